The topological polar surface area (TPSA) is 54.5 Å². The van der Waals surface area contributed by atoms with Crippen molar-refractivity contribution in [3.63, 3.8) is 0 Å². The Morgan fingerprint density at radius 2 is 1.96 bits per heavy atom. The zero-order valence-electron chi connectivity index (χ0n) is 15.9. The van der Waals surface area contributed by atoms with Crippen LogP contribution >= 0.6 is 11.3 Å². The second kappa shape index (κ2) is 8.54. The van der Waals surface area contributed by atoms with Crippen LogP contribution < -0.4 is 10.1 Å². The van der Waals surface area contributed by atoms with Crippen molar-refractivity contribution >= 4 is 22.4 Å². The molecule has 1 amide bonds. The minimum atomic E-state index is -0.0725. The van der Waals surface area contributed by atoms with Crippen LogP contribution in [0.15, 0.2) is 54.6 Å². The first kappa shape index (κ1) is 18.7. The number of aromatic nitrogens is 1. The van der Waals surface area contributed by atoms with Crippen LogP contribution in [0.5, 0.6) is 5.75 Å². The fourth-order valence-electron chi connectivity index (χ4n) is 3.46. The van der Waals surface area contributed by atoms with E-state index in [1.807, 2.05) is 30.3 Å². The van der Waals surface area contributed by atoms with E-state index in [1.54, 1.807) is 18.4 Å². The molecule has 0 atom stereocenters. The molecule has 144 valence electrons. The van der Waals surface area contributed by atoms with Gasteiger partial charge in [-0.3, -0.25) is 9.69 Å². The van der Waals surface area contributed by atoms with E-state index in [-0.39, 0.29) is 12.3 Å². The third-order valence-electron chi connectivity index (χ3n) is 4.85. The number of amides is 1. The summed E-state index contributed by atoms with van der Waals surface area (Å²) in [4.78, 5) is 20.8. The molecule has 1 aliphatic heterocycles. The maximum absolute atomic E-state index is 12.5. The molecule has 0 bridgehead atoms. The van der Waals surface area contributed by atoms with Crippen molar-refractivity contribution < 1.29 is 9.53 Å². The first-order chi connectivity index (χ1) is 13.7. The molecule has 28 heavy (non-hydrogen) atoms. The molecule has 1 N–H and O–H groups in total. The van der Waals surface area contributed by atoms with E-state index in [9.17, 15) is 4.79 Å². The summed E-state index contributed by atoms with van der Waals surface area (Å²) < 4.78 is 5.32. The molecule has 0 unspecified atom stereocenters. The lowest BCUT2D eigenvalue weighted by atomic mass is 10.1. The van der Waals surface area contributed by atoms with Gasteiger partial charge in [0.1, 0.15) is 5.75 Å². The summed E-state index contributed by atoms with van der Waals surface area (Å²) in [6.45, 7) is 2.80. The number of fused-ring (bicyclic) bond motifs is 1. The molecule has 0 saturated heterocycles. The maximum Gasteiger partial charge on any atom is 0.230 e. The molecule has 0 saturated carbocycles. The van der Waals surface area contributed by atoms with Crippen LogP contribution in [0.4, 0.5) is 5.13 Å². The number of hydrogen-bond donors (Lipinski definition) is 1. The highest BCUT2D eigenvalue weighted by molar-refractivity contribution is 7.15. The highest BCUT2D eigenvalue weighted by atomic mass is 32.1. The lowest BCUT2D eigenvalue weighted by Crippen LogP contribution is -2.29. The number of anilines is 1. The molecule has 0 spiro atoms. The zero-order chi connectivity index (χ0) is 19.3. The summed E-state index contributed by atoms with van der Waals surface area (Å²) in [6.07, 6.45) is 1.19. The number of para-hydroxylation sites is 1. The van der Waals surface area contributed by atoms with Gasteiger partial charge in [-0.05, 0) is 11.6 Å². The summed E-state index contributed by atoms with van der Waals surface area (Å²) >= 11 is 1.58. The quantitative estimate of drug-likeness (QED) is 0.690. The van der Waals surface area contributed by atoms with E-state index in [2.05, 4.69) is 39.5 Å². The third kappa shape index (κ3) is 4.40. The minimum Gasteiger partial charge on any atom is -0.496 e. The number of thiazole rings is 1. The Morgan fingerprint density at radius 3 is 2.79 bits per heavy atom. The Balaban J connectivity index is 1.38. The second-order valence-electron chi connectivity index (χ2n) is 6.87. The molecule has 0 fully saturated rings. The van der Waals surface area contributed by atoms with Crippen LogP contribution in [0.1, 0.15) is 21.7 Å². The second-order valence-corrected chi connectivity index (χ2v) is 7.96. The minimum absolute atomic E-state index is 0.0725. The summed E-state index contributed by atoms with van der Waals surface area (Å²) in [6, 6.07) is 18.1. The predicted molar refractivity (Wildman–Crippen MR) is 112 cm³/mol. The summed E-state index contributed by atoms with van der Waals surface area (Å²) in [5.74, 6) is 0.657. The number of benzene rings is 2. The van der Waals surface area contributed by atoms with Gasteiger partial charge in [-0.25, -0.2) is 4.98 Å². The van der Waals surface area contributed by atoms with E-state index < -0.39 is 0 Å². The van der Waals surface area contributed by atoms with E-state index in [0.717, 1.165) is 43.1 Å². The largest absolute Gasteiger partial charge is 0.496 e. The average molecular weight is 394 g/mol. The third-order valence-corrected chi connectivity index (χ3v) is 5.85. The van der Waals surface area contributed by atoms with E-state index in [4.69, 9.17) is 4.74 Å². The van der Waals surface area contributed by atoms with Crippen molar-refractivity contribution in [1.82, 2.24) is 9.88 Å². The van der Waals surface area contributed by atoms with Gasteiger partial charge >= 0.3 is 0 Å². The average Bonchev–Trinajstić information content (AvgIpc) is 3.10. The monoisotopic (exact) mass is 393 g/mol. The Bertz CT molecular complexity index is 955. The van der Waals surface area contributed by atoms with E-state index in [0.29, 0.717) is 5.13 Å². The lowest BCUT2D eigenvalue weighted by Gasteiger charge is -2.25. The van der Waals surface area contributed by atoms with E-state index >= 15 is 0 Å². The van der Waals surface area contributed by atoms with Crippen molar-refractivity contribution in [1.29, 1.82) is 0 Å². The fraction of sp³-hybridized carbons (Fsp3) is 0.273. The number of nitrogens with zero attached hydrogens (tertiary/aromatic N) is 2. The molecule has 6 heteroatoms. The number of carbonyl (C=O) groups excluding carboxylic acids is 1. The van der Waals surface area contributed by atoms with Crippen molar-refractivity contribution in [3.8, 4) is 5.75 Å². The highest BCUT2D eigenvalue weighted by Crippen LogP contribution is 2.29. The van der Waals surface area contributed by atoms with Gasteiger partial charge in [-0.1, -0.05) is 48.5 Å². The molecule has 1 aliphatic rings. The first-order valence-electron chi connectivity index (χ1n) is 9.38. The summed E-state index contributed by atoms with van der Waals surface area (Å²) in [5, 5.41) is 3.64. The summed E-state index contributed by atoms with van der Waals surface area (Å²) in [5.41, 5.74) is 3.31. The molecule has 3 aromatic rings. The molecule has 1 aromatic heterocycles. The van der Waals surface area contributed by atoms with Crippen LogP contribution in [0, 0.1) is 0 Å². The smallest absolute Gasteiger partial charge is 0.230 e. The molecular weight excluding hydrogens is 370 g/mol. The van der Waals surface area contributed by atoms with Crippen molar-refractivity contribution in [2.45, 2.75) is 25.9 Å². The number of hydrogen-bond acceptors (Lipinski definition) is 5. The van der Waals surface area contributed by atoms with Crippen LogP contribution in [0.2, 0.25) is 0 Å². The van der Waals surface area contributed by atoms with E-state index in [1.165, 1.54) is 10.4 Å². The molecule has 5 nitrogen and oxygen atoms in total. The van der Waals surface area contributed by atoms with Crippen molar-refractivity contribution in [2.75, 3.05) is 19.0 Å². The molecule has 4 rings (SSSR count). The zero-order valence-corrected chi connectivity index (χ0v) is 16.7. The summed E-state index contributed by atoms with van der Waals surface area (Å²) in [7, 11) is 1.62. The van der Waals surface area contributed by atoms with Crippen LogP contribution in [-0.4, -0.2) is 29.4 Å². The fourth-order valence-corrected chi connectivity index (χ4v) is 4.53. The standard InChI is InChI=1S/C22H23N3O2S/c1-27-19-10-6-5-9-17(19)13-21(26)24-22-23-18-11-12-25(15-20(18)28-22)14-16-7-3-2-4-8-16/h2-10H,11-15H2,1H3,(H,23,24,26). The molecule has 0 aliphatic carbocycles. The van der Waals surface area contributed by atoms with Crippen molar-refractivity contribution in [3.05, 3.63) is 76.3 Å². The predicted octanol–water partition coefficient (Wildman–Crippen LogP) is 3.89. The van der Waals surface area contributed by atoms with Gasteiger partial charge in [-0.2, -0.15) is 0 Å². The Morgan fingerprint density at radius 1 is 1.18 bits per heavy atom. The maximum atomic E-state index is 12.5. The van der Waals surface area contributed by atoms with Gasteiger partial charge in [0, 0.05) is 36.5 Å². The lowest BCUT2D eigenvalue weighted by molar-refractivity contribution is -0.115. The van der Waals surface area contributed by atoms with Gasteiger partial charge < -0.3 is 10.1 Å². The SMILES string of the molecule is COc1ccccc1CC(=O)Nc1nc2c(s1)CN(Cc1ccccc1)CC2. The number of ether oxygens (including phenoxy) is 1. The Kier molecular flexibility index (Phi) is 5.69. The van der Waals surface area contributed by atoms with Gasteiger partial charge in [0.05, 0.1) is 19.2 Å². The number of carbonyl (C=O) groups is 1. The molecular formula is C22H23N3O2S. The first-order valence-corrected chi connectivity index (χ1v) is 10.2. The molecule has 0 radical (unpaired) electrons. The van der Waals surface area contributed by atoms with Crippen LogP contribution in [-0.2, 0) is 30.7 Å². The Hall–Kier alpha value is -2.70. The molecule has 2 aromatic carbocycles. The number of nitrogens with one attached hydrogen (secondary N) is 1. The normalized spacial score (nSPS) is 13.8. The van der Waals surface area contributed by atoms with Gasteiger partial charge in [0.15, 0.2) is 5.13 Å². The molecule has 2 heterocycles. The van der Waals surface area contributed by atoms with Crippen molar-refractivity contribution in [2.24, 2.45) is 0 Å². The Labute approximate surface area is 169 Å². The van der Waals surface area contributed by atoms with Gasteiger partial charge in [0.2, 0.25) is 5.91 Å². The highest BCUT2D eigenvalue weighted by Gasteiger charge is 2.21. The number of methoxy groups -OCH3 is 1. The van der Waals surface area contributed by atoms with Crippen LogP contribution in [0.25, 0.3) is 0 Å². The van der Waals surface area contributed by atoms with Crippen LogP contribution in [0.3, 0.4) is 0 Å². The number of rotatable bonds is 6. The van der Waals surface area contributed by atoms with Gasteiger partial charge in [-0.15, -0.1) is 11.3 Å². The van der Waals surface area contributed by atoms with Gasteiger partial charge in [0.25, 0.3) is 0 Å².